The van der Waals surface area contributed by atoms with Crippen LogP contribution in [0.4, 0.5) is 0 Å². The smallest absolute Gasteiger partial charge is 0.191 e. The number of nitrogens with one attached hydrogen (secondary N) is 2. The van der Waals surface area contributed by atoms with Gasteiger partial charge in [-0.1, -0.05) is 24.3 Å². The third kappa shape index (κ3) is 6.30. The summed E-state index contributed by atoms with van der Waals surface area (Å²) in [5, 5.41) is 6.72. The molecule has 0 saturated heterocycles. The van der Waals surface area contributed by atoms with Crippen LogP contribution in [0.3, 0.4) is 0 Å². The maximum Gasteiger partial charge on any atom is 0.191 e. The lowest BCUT2D eigenvalue weighted by atomic mass is 9.83. The van der Waals surface area contributed by atoms with E-state index in [0.29, 0.717) is 12.5 Å². The lowest BCUT2D eigenvalue weighted by molar-refractivity contribution is 0.179. The number of hydrogen-bond acceptors (Lipinski definition) is 2. The van der Waals surface area contributed by atoms with Gasteiger partial charge in [0.1, 0.15) is 0 Å². The largest absolute Gasteiger partial charge is 0.383 e. The summed E-state index contributed by atoms with van der Waals surface area (Å²) in [6.07, 6.45) is 3.70. The Bertz CT molecular complexity index is 493. The van der Waals surface area contributed by atoms with Gasteiger partial charge < -0.3 is 15.4 Å². The number of halogens is 1. The average Bonchev–Trinajstić information content (AvgIpc) is 2.53. The molecule has 0 radical (unpaired) electrons. The lowest BCUT2D eigenvalue weighted by Gasteiger charge is -2.25. The van der Waals surface area contributed by atoms with E-state index in [1.165, 1.54) is 30.4 Å². The van der Waals surface area contributed by atoms with Crippen molar-refractivity contribution in [2.75, 3.05) is 26.8 Å². The summed E-state index contributed by atoms with van der Waals surface area (Å²) in [4.78, 5) is 4.80. The fraction of sp³-hybridized carbons (Fsp3) is 0.611. The molecule has 1 aromatic carbocycles. The van der Waals surface area contributed by atoms with E-state index < -0.39 is 0 Å². The highest BCUT2D eigenvalue weighted by molar-refractivity contribution is 14.0. The van der Waals surface area contributed by atoms with E-state index in [-0.39, 0.29) is 30.0 Å². The Kier molecular flexibility index (Phi) is 9.55. The number of nitrogens with zero attached hydrogens (tertiary/aromatic N) is 1. The highest BCUT2D eigenvalue weighted by Crippen LogP contribution is 2.31. The second-order valence-electron chi connectivity index (χ2n) is 6.01. The Labute approximate surface area is 157 Å². The van der Waals surface area contributed by atoms with Crippen LogP contribution in [0.1, 0.15) is 43.7 Å². The molecule has 1 aromatic rings. The van der Waals surface area contributed by atoms with Gasteiger partial charge in [0.05, 0.1) is 6.61 Å². The van der Waals surface area contributed by atoms with Crippen LogP contribution in [0.25, 0.3) is 0 Å². The topological polar surface area (TPSA) is 45.7 Å². The Morgan fingerprint density at radius 3 is 2.91 bits per heavy atom. The summed E-state index contributed by atoms with van der Waals surface area (Å²) < 4.78 is 5.18. The molecule has 1 aliphatic rings. The predicted molar refractivity (Wildman–Crippen MR) is 108 cm³/mol. The maximum absolute atomic E-state index is 5.18. The average molecular weight is 431 g/mol. The zero-order valence-corrected chi connectivity index (χ0v) is 16.8. The first-order chi connectivity index (χ1) is 10.7. The molecule has 0 amide bonds. The van der Waals surface area contributed by atoms with Crippen molar-refractivity contribution >= 4 is 29.9 Å². The molecule has 5 heteroatoms. The highest BCUT2D eigenvalue weighted by Gasteiger charge is 2.19. The fourth-order valence-electron chi connectivity index (χ4n) is 3.09. The third-order valence-electron chi connectivity index (χ3n) is 4.11. The van der Waals surface area contributed by atoms with Crippen LogP contribution >= 0.6 is 24.0 Å². The number of benzene rings is 1. The van der Waals surface area contributed by atoms with E-state index in [0.717, 1.165) is 19.0 Å². The number of aliphatic imine (C=N–C) groups is 1. The van der Waals surface area contributed by atoms with E-state index in [1.807, 2.05) is 0 Å². The van der Waals surface area contributed by atoms with Crippen molar-refractivity contribution in [3.8, 4) is 0 Å². The molecule has 2 atom stereocenters. The molecule has 1 aliphatic carbocycles. The molecule has 130 valence electrons. The van der Waals surface area contributed by atoms with Gasteiger partial charge >= 0.3 is 0 Å². The Morgan fingerprint density at radius 2 is 2.17 bits per heavy atom. The molecule has 2 N–H and O–H groups in total. The molecule has 0 aromatic heterocycles. The van der Waals surface area contributed by atoms with Gasteiger partial charge in [0.2, 0.25) is 0 Å². The van der Waals surface area contributed by atoms with Crippen LogP contribution < -0.4 is 10.6 Å². The first-order valence-corrected chi connectivity index (χ1v) is 8.36. The minimum atomic E-state index is 0. The van der Waals surface area contributed by atoms with Gasteiger partial charge in [-0.05, 0) is 44.2 Å². The van der Waals surface area contributed by atoms with Gasteiger partial charge in [0, 0.05) is 32.2 Å². The van der Waals surface area contributed by atoms with Crippen LogP contribution in [-0.2, 0) is 11.2 Å². The van der Waals surface area contributed by atoms with Crippen molar-refractivity contribution in [1.82, 2.24) is 10.6 Å². The second kappa shape index (κ2) is 10.9. The van der Waals surface area contributed by atoms with Gasteiger partial charge in [-0.3, -0.25) is 4.99 Å². The zero-order chi connectivity index (χ0) is 15.8. The van der Waals surface area contributed by atoms with E-state index >= 15 is 0 Å². The summed E-state index contributed by atoms with van der Waals surface area (Å²) >= 11 is 0. The number of fused-ring (bicyclic) bond motifs is 1. The first kappa shape index (κ1) is 20.2. The van der Waals surface area contributed by atoms with E-state index in [1.54, 1.807) is 7.11 Å². The molecule has 0 saturated carbocycles. The summed E-state index contributed by atoms with van der Waals surface area (Å²) in [6.45, 7) is 6.58. The Balaban J connectivity index is 0.00000264. The summed E-state index contributed by atoms with van der Waals surface area (Å²) in [7, 11) is 1.72. The van der Waals surface area contributed by atoms with Crippen molar-refractivity contribution in [3.63, 3.8) is 0 Å². The minimum absolute atomic E-state index is 0. The molecule has 2 rings (SSSR count). The number of rotatable bonds is 6. The summed E-state index contributed by atoms with van der Waals surface area (Å²) in [6, 6.07) is 9.06. The number of aryl methyl sites for hydroxylation is 1. The molecule has 4 nitrogen and oxygen atoms in total. The van der Waals surface area contributed by atoms with Crippen molar-refractivity contribution in [3.05, 3.63) is 35.4 Å². The van der Waals surface area contributed by atoms with Gasteiger partial charge in [-0.15, -0.1) is 24.0 Å². The SMILES string of the molecule is CCNC(=NCC1CCCc2ccccc21)NC(C)COC.I. The molecule has 2 unspecified atom stereocenters. The molecule has 0 fully saturated rings. The monoisotopic (exact) mass is 431 g/mol. The van der Waals surface area contributed by atoms with Crippen LogP contribution in [0.5, 0.6) is 0 Å². The van der Waals surface area contributed by atoms with Gasteiger partial charge in [0.25, 0.3) is 0 Å². The zero-order valence-electron chi connectivity index (χ0n) is 14.5. The standard InChI is InChI=1S/C18H29N3O.HI/c1-4-19-18(21-14(2)13-22-3)20-12-16-10-7-9-15-8-5-6-11-17(15)16;/h5-6,8,11,14,16H,4,7,9-10,12-13H2,1-3H3,(H2,19,20,21);1H. The third-order valence-corrected chi connectivity index (χ3v) is 4.11. The molecule has 0 aliphatic heterocycles. The summed E-state index contributed by atoms with van der Waals surface area (Å²) in [5.74, 6) is 1.42. The second-order valence-corrected chi connectivity index (χ2v) is 6.01. The molecule has 0 spiro atoms. The van der Waals surface area contributed by atoms with Crippen LogP contribution in [0.2, 0.25) is 0 Å². The van der Waals surface area contributed by atoms with Crippen molar-refractivity contribution in [2.24, 2.45) is 4.99 Å². The van der Waals surface area contributed by atoms with E-state index in [2.05, 4.69) is 48.7 Å². The van der Waals surface area contributed by atoms with Gasteiger partial charge in [-0.25, -0.2) is 0 Å². The fourth-order valence-corrected chi connectivity index (χ4v) is 3.09. The lowest BCUT2D eigenvalue weighted by Crippen LogP contribution is -2.44. The molecule has 23 heavy (non-hydrogen) atoms. The van der Waals surface area contributed by atoms with Crippen molar-refractivity contribution in [1.29, 1.82) is 0 Å². The van der Waals surface area contributed by atoms with Crippen LogP contribution in [0, 0.1) is 0 Å². The normalized spacial score (nSPS) is 18.6. The molecule has 0 bridgehead atoms. The first-order valence-electron chi connectivity index (χ1n) is 8.36. The molecular weight excluding hydrogens is 401 g/mol. The summed E-state index contributed by atoms with van der Waals surface area (Å²) in [5.41, 5.74) is 2.98. The van der Waals surface area contributed by atoms with E-state index in [9.17, 15) is 0 Å². The van der Waals surface area contributed by atoms with Crippen LogP contribution in [-0.4, -0.2) is 38.8 Å². The number of methoxy groups -OCH3 is 1. The quantitative estimate of drug-likeness (QED) is 0.413. The van der Waals surface area contributed by atoms with Gasteiger partial charge in [-0.2, -0.15) is 0 Å². The molecule has 0 heterocycles. The Hall–Kier alpha value is -0.820. The highest BCUT2D eigenvalue weighted by atomic mass is 127. The Morgan fingerprint density at radius 1 is 1.39 bits per heavy atom. The van der Waals surface area contributed by atoms with E-state index in [4.69, 9.17) is 9.73 Å². The molecular formula is C18H30IN3O. The van der Waals surface area contributed by atoms with Crippen molar-refractivity contribution < 1.29 is 4.74 Å². The minimum Gasteiger partial charge on any atom is -0.383 e. The maximum atomic E-state index is 5.18. The van der Waals surface area contributed by atoms with Crippen molar-refractivity contribution in [2.45, 2.75) is 45.1 Å². The van der Waals surface area contributed by atoms with Crippen LogP contribution in [0.15, 0.2) is 29.3 Å². The number of guanidine groups is 1. The van der Waals surface area contributed by atoms with Gasteiger partial charge in [0.15, 0.2) is 5.96 Å². The number of hydrogen-bond donors (Lipinski definition) is 2. The number of ether oxygens (including phenoxy) is 1. The predicted octanol–water partition coefficient (Wildman–Crippen LogP) is 3.31.